The topological polar surface area (TPSA) is 118 Å². The maximum Gasteiger partial charge on any atom is 0.434 e. The first-order valence-electron chi connectivity index (χ1n) is 9.18. The SMILES string of the molecule is NCC1CN(c2ccc(N3CCN(c4ccc([N+](=O)[O-])o4)CC3)c(F)c2)C(=O)O1. The maximum absolute atomic E-state index is 14.8. The summed E-state index contributed by atoms with van der Waals surface area (Å²) in [5, 5.41) is 10.8. The molecule has 1 aromatic carbocycles. The predicted octanol–water partition coefficient (Wildman–Crippen LogP) is 1.94. The molecule has 0 radical (unpaired) electrons. The molecule has 29 heavy (non-hydrogen) atoms. The van der Waals surface area contributed by atoms with Gasteiger partial charge in [0.1, 0.15) is 16.8 Å². The van der Waals surface area contributed by atoms with Gasteiger partial charge in [-0.2, -0.15) is 0 Å². The molecule has 1 aromatic heterocycles. The summed E-state index contributed by atoms with van der Waals surface area (Å²) in [4.78, 5) is 27.2. The number of carbonyl (C=O) groups is 1. The fourth-order valence-electron chi connectivity index (χ4n) is 3.53. The molecule has 2 aliphatic heterocycles. The van der Waals surface area contributed by atoms with E-state index in [2.05, 4.69) is 0 Å². The third kappa shape index (κ3) is 3.68. The van der Waals surface area contributed by atoms with Gasteiger partial charge in [0, 0.05) is 38.8 Å². The molecule has 1 unspecified atom stereocenters. The van der Waals surface area contributed by atoms with Crippen molar-refractivity contribution >= 4 is 29.2 Å². The lowest BCUT2D eigenvalue weighted by atomic mass is 10.2. The van der Waals surface area contributed by atoms with Gasteiger partial charge in [-0.05, 0) is 18.2 Å². The zero-order chi connectivity index (χ0) is 20.5. The van der Waals surface area contributed by atoms with Crippen LogP contribution in [-0.4, -0.2) is 56.4 Å². The second-order valence-electron chi connectivity index (χ2n) is 6.83. The van der Waals surface area contributed by atoms with Crippen molar-refractivity contribution in [1.82, 2.24) is 0 Å². The van der Waals surface area contributed by atoms with Gasteiger partial charge in [-0.1, -0.05) is 0 Å². The van der Waals surface area contributed by atoms with Gasteiger partial charge < -0.3 is 24.7 Å². The van der Waals surface area contributed by atoms with Crippen LogP contribution in [0.2, 0.25) is 0 Å². The zero-order valence-corrected chi connectivity index (χ0v) is 15.5. The quantitative estimate of drug-likeness (QED) is 0.592. The third-order valence-corrected chi connectivity index (χ3v) is 5.07. The van der Waals surface area contributed by atoms with E-state index in [9.17, 15) is 19.3 Å². The van der Waals surface area contributed by atoms with Gasteiger partial charge in [0.15, 0.2) is 0 Å². The van der Waals surface area contributed by atoms with Gasteiger partial charge in [-0.15, -0.1) is 0 Å². The third-order valence-electron chi connectivity index (χ3n) is 5.07. The van der Waals surface area contributed by atoms with Crippen molar-refractivity contribution in [2.75, 3.05) is 54.0 Å². The number of hydrogen-bond acceptors (Lipinski definition) is 8. The first-order valence-corrected chi connectivity index (χ1v) is 9.18. The lowest BCUT2D eigenvalue weighted by Gasteiger charge is -2.36. The van der Waals surface area contributed by atoms with E-state index in [1.54, 1.807) is 18.2 Å². The Morgan fingerprint density at radius 3 is 2.48 bits per heavy atom. The zero-order valence-electron chi connectivity index (χ0n) is 15.5. The van der Waals surface area contributed by atoms with Crippen LogP contribution in [0.5, 0.6) is 0 Å². The van der Waals surface area contributed by atoms with Gasteiger partial charge in [-0.25, -0.2) is 9.18 Å². The minimum absolute atomic E-state index is 0.214. The van der Waals surface area contributed by atoms with Crippen LogP contribution in [0.3, 0.4) is 0 Å². The van der Waals surface area contributed by atoms with E-state index >= 15 is 0 Å². The number of furan rings is 1. The molecule has 2 aromatic rings. The molecule has 154 valence electrons. The fraction of sp³-hybridized carbons (Fsp3) is 0.389. The number of ether oxygens (including phenoxy) is 1. The number of benzene rings is 1. The molecule has 1 amide bonds. The maximum atomic E-state index is 14.8. The van der Waals surface area contributed by atoms with Crippen molar-refractivity contribution in [3.8, 4) is 0 Å². The van der Waals surface area contributed by atoms with Gasteiger partial charge >= 0.3 is 12.0 Å². The molecule has 2 saturated heterocycles. The number of carbonyl (C=O) groups excluding carboxylic acids is 1. The van der Waals surface area contributed by atoms with Gasteiger partial charge in [-0.3, -0.25) is 15.0 Å². The van der Waals surface area contributed by atoms with Crippen LogP contribution in [0.25, 0.3) is 0 Å². The fourth-order valence-corrected chi connectivity index (χ4v) is 3.53. The lowest BCUT2D eigenvalue weighted by molar-refractivity contribution is -0.401. The molecule has 1 atom stereocenters. The van der Waals surface area contributed by atoms with Crippen molar-refractivity contribution in [2.45, 2.75) is 6.10 Å². The van der Waals surface area contributed by atoms with Crippen molar-refractivity contribution < 1.29 is 23.3 Å². The molecule has 10 nitrogen and oxygen atoms in total. The molecule has 3 heterocycles. The van der Waals surface area contributed by atoms with E-state index in [0.29, 0.717) is 50.0 Å². The van der Waals surface area contributed by atoms with Crippen molar-refractivity contribution in [3.05, 3.63) is 46.3 Å². The first kappa shape index (κ1) is 19.0. The number of nitrogens with zero attached hydrogens (tertiary/aromatic N) is 4. The Morgan fingerprint density at radius 1 is 1.17 bits per heavy atom. The monoisotopic (exact) mass is 405 g/mol. The van der Waals surface area contributed by atoms with Crippen LogP contribution in [-0.2, 0) is 4.74 Å². The lowest BCUT2D eigenvalue weighted by Crippen LogP contribution is -2.46. The van der Waals surface area contributed by atoms with Gasteiger partial charge in [0.2, 0.25) is 5.88 Å². The Labute approximate surface area is 165 Å². The number of cyclic esters (lactones) is 1. The van der Waals surface area contributed by atoms with Crippen molar-refractivity contribution in [2.24, 2.45) is 5.73 Å². The Hall–Kier alpha value is -3.34. The molecule has 0 saturated carbocycles. The van der Waals surface area contributed by atoms with Crippen LogP contribution < -0.4 is 20.4 Å². The Kier molecular flexibility index (Phi) is 4.97. The van der Waals surface area contributed by atoms with E-state index < -0.39 is 22.9 Å². The van der Waals surface area contributed by atoms with Gasteiger partial charge in [0.05, 0.1) is 24.0 Å². The van der Waals surface area contributed by atoms with E-state index in [1.807, 2.05) is 9.80 Å². The number of piperazine rings is 1. The van der Waals surface area contributed by atoms with Crippen molar-refractivity contribution in [1.29, 1.82) is 0 Å². The number of halogens is 1. The smallest absolute Gasteiger partial charge is 0.434 e. The molecular weight excluding hydrogens is 385 g/mol. The highest BCUT2D eigenvalue weighted by atomic mass is 19.1. The molecule has 11 heteroatoms. The predicted molar refractivity (Wildman–Crippen MR) is 103 cm³/mol. The van der Waals surface area contributed by atoms with E-state index in [0.717, 1.165) is 0 Å². The summed E-state index contributed by atoms with van der Waals surface area (Å²) in [6.07, 6.45) is -0.926. The molecule has 0 spiro atoms. The van der Waals surface area contributed by atoms with E-state index in [-0.39, 0.29) is 12.4 Å². The van der Waals surface area contributed by atoms with Crippen LogP contribution in [0.4, 0.5) is 32.3 Å². The standard InChI is InChI=1S/C18H20FN5O5/c19-14-9-12(23-11-13(10-20)28-18(23)25)1-2-15(14)21-5-7-22(8-6-21)16-3-4-17(29-16)24(26)27/h1-4,9,13H,5-8,10-11,20H2. The molecule has 0 aliphatic carbocycles. The molecule has 2 N–H and O–H groups in total. The largest absolute Gasteiger partial charge is 0.443 e. The van der Waals surface area contributed by atoms with Crippen LogP contribution in [0.1, 0.15) is 0 Å². The van der Waals surface area contributed by atoms with Gasteiger partial charge in [0.25, 0.3) is 0 Å². The Morgan fingerprint density at radius 2 is 1.90 bits per heavy atom. The summed E-state index contributed by atoms with van der Waals surface area (Å²) in [7, 11) is 0. The number of hydrogen-bond donors (Lipinski definition) is 1. The second kappa shape index (κ2) is 7.59. The molecule has 0 bridgehead atoms. The summed E-state index contributed by atoms with van der Waals surface area (Å²) in [6.45, 7) is 2.61. The summed E-state index contributed by atoms with van der Waals surface area (Å²) < 4.78 is 25.1. The van der Waals surface area contributed by atoms with Crippen LogP contribution in [0.15, 0.2) is 34.7 Å². The summed E-state index contributed by atoms with van der Waals surface area (Å²) in [5.41, 5.74) is 6.39. The Bertz CT molecular complexity index is 927. The highest BCUT2D eigenvalue weighted by molar-refractivity contribution is 5.90. The first-order chi connectivity index (χ1) is 14.0. The number of nitrogens with two attached hydrogens (primary N) is 1. The molecule has 2 aliphatic rings. The summed E-state index contributed by atoms with van der Waals surface area (Å²) in [5.74, 6) is -0.316. The minimum Gasteiger partial charge on any atom is -0.443 e. The van der Waals surface area contributed by atoms with Crippen LogP contribution >= 0.6 is 0 Å². The second-order valence-corrected chi connectivity index (χ2v) is 6.83. The highest BCUT2D eigenvalue weighted by Crippen LogP contribution is 2.30. The number of amides is 1. The molecule has 4 rings (SSSR count). The highest BCUT2D eigenvalue weighted by Gasteiger charge is 2.32. The summed E-state index contributed by atoms with van der Waals surface area (Å²) >= 11 is 0. The van der Waals surface area contributed by atoms with Crippen molar-refractivity contribution in [3.63, 3.8) is 0 Å². The molecule has 2 fully saturated rings. The van der Waals surface area contributed by atoms with Crippen LogP contribution in [0, 0.1) is 15.9 Å². The minimum atomic E-state index is -0.581. The Balaban J connectivity index is 1.42. The number of nitro groups is 1. The number of anilines is 3. The molecular formula is C18H20FN5O5. The average molecular weight is 405 g/mol. The van der Waals surface area contributed by atoms with E-state index in [1.165, 1.54) is 17.0 Å². The normalized spacial score (nSPS) is 19.6. The summed E-state index contributed by atoms with van der Waals surface area (Å²) in [6, 6.07) is 7.52. The average Bonchev–Trinajstić information content (AvgIpc) is 3.35. The van der Waals surface area contributed by atoms with E-state index in [4.69, 9.17) is 14.9 Å². The number of rotatable bonds is 5.